The Kier molecular flexibility index (Phi) is 4.17. The van der Waals surface area contributed by atoms with Crippen molar-refractivity contribution in [1.29, 1.82) is 0 Å². The van der Waals surface area contributed by atoms with Gasteiger partial charge in [-0.15, -0.1) is 0 Å². The summed E-state index contributed by atoms with van der Waals surface area (Å²) in [5, 5.41) is 2.74. The Balaban J connectivity index is 1.93. The highest BCUT2D eigenvalue weighted by Crippen LogP contribution is 2.32. The van der Waals surface area contributed by atoms with Crippen LogP contribution in [0, 0.1) is 12.7 Å². The van der Waals surface area contributed by atoms with Crippen LogP contribution in [0.2, 0.25) is 0 Å². The summed E-state index contributed by atoms with van der Waals surface area (Å²) in [5.74, 6) is -0.849. The Hall–Kier alpha value is -2.21. The number of benzene rings is 2. The van der Waals surface area contributed by atoms with Crippen molar-refractivity contribution in [3.8, 4) is 0 Å². The molecule has 3 amide bonds. The van der Waals surface area contributed by atoms with Crippen LogP contribution < -0.4 is 5.32 Å². The fraction of sp³-hybridized carbons (Fsp3) is 0.222. The van der Waals surface area contributed by atoms with Crippen molar-refractivity contribution >= 4 is 27.9 Å². The molecule has 1 atom stereocenters. The molecule has 2 aromatic rings. The number of urea groups is 1. The molecule has 1 heterocycles. The molecule has 4 nitrogen and oxygen atoms in total. The molecule has 1 unspecified atom stereocenters. The largest absolute Gasteiger partial charge is 0.325 e. The lowest BCUT2D eigenvalue weighted by Gasteiger charge is -2.24. The number of hydrogen-bond acceptors (Lipinski definition) is 2. The lowest BCUT2D eigenvalue weighted by atomic mass is 9.88. The van der Waals surface area contributed by atoms with Crippen molar-refractivity contribution in [1.82, 2.24) is 10.2 Å². The second-order valence-corrected chi connectivity index (χ2v) is 6.91. The zero-order valence-corrected chi connectivity index (χ0v) is 14.9. The zero-order valence-electron chi connectivity index (χ0n) is 13.3. The van der Waals surface area contributed by atoms with Gasteiger partial charge in [0.25, 0.3) is 5.91 Å². The highest BCUT2D eigenvalue weighted by atomic mass is 79.9. The van der Waals surface area contributed by atoms with E-state index in [0.717, 1.165) is 16.0 Å². The first-order valence-corrected chi connectivity index (χ1v) is 8.26. The minimum atomic E-state index is -1.14. The van der Waals surface area contributed by atoms with Crippen LogP contribution in [0.25, 0.3) is 0 Å². The molecule has 2 aromatic carbocycles. The normalized spacial score (nSPS) is 20.4. The molecule has 3 rings (SSSR count). The molecule has 1 saturated heterocycles. The smallest absolute Gasteiger partial charge is 0.319 e. The van der Waals surface area contributed by atoms with E-state index < -0.39 is 17.4 Å². The van der Waals surface area contributed by atoms with Crippen LogP contribution in [0.3, 0.4) is 0 Å². The molecule has 1 aliphatic heterocycles. The standard InChI is InChI=1S/C18H16BrFN2O2/c1-11-5-3-4-6-14(11)18(2)16(23)22(17(24)21-18)10-12-7-8-13(19)9-15(12)20/h3-9H,10H2,1-2H3,(H,21,24). The number of rotatable bonds is 3. The van der Waals surface area contributed by atoms with Crippen LogP contribution in [0.1, 0.15) is 23.6 Å². The Labute approximate surface area is 147 Å². The molecule has 0 bridgehead atoms. The maximum atomic E-state index is 14.0. The Morgan fingerprint density at radius 1 is 1.21 bits per heavy atom. The van der Waals surface area contributed by atoms with E-state index in [1.807, 2.05) is 31.2 Å². The topological polar surface area (TPSA) is 49.4 Å². The third-order valence-electron chi connectivity index (χ3n) is 4.30. The molecule has 124 valence electrons. The van der Waals surface area contributed by atoms with Crippen LogP contribution in [0.15, 0.2) is 46.9 Å². The first-order valence-electron chi connectivity index (χ1n) is 7.47. The highest BCUT2D eigenvalue weighted by Gasteiger charge is 2.49. The summed E-state index contributed by atoms with van der Waals surface area (Å²) in [4.78, 5) is 26.3. The summed E-state index contributed by atoms with van der Waals surface area (Å²) in [7, 11) is 0. The summed E-state index contributed by atoms with van der Waals surface area (Å²) in [6.07, 6.45) is 0. The molecular weight excluding hydrogens is 375 g/mol. The number of halogens is 2. The minimum Gasteiger partial charge on any atom is -0.319 e. The molecule has 24 heavy (non-hydrogen) atoms. The van der Waals surface area contributed by atoms with Crippen molar-refractivity contribution in [3.63, 3.8) is 0 Å². The number of carbonyl (C=O) groups is 2. The van der Waals surface area contributed by atoms with Crippen LogP contribution >= 0.6 is 15.9 Å². The van der Waals surface area contributed by atoms with Crippen LogP contribution in [-0.2, 0) is 16.9 Å². The molecule has 1 N–H and O–H groups in total. The van der Waals surface area contributed by atoms with E-state index in [4.69, 9.17) is 0 Å². The van der Waals surface area contributed by atoms with Gasteiger partial charge >= 0.3 is 6.03 Å². The van der Waals surface area contributed by atoms with Gasteiger partial charge in [-0.3, -0.25) is 9.69 Å². The predicted molar refractivity (Wildman–Crippen MR) is 91.7 cm³/mol. The van der Waals surface area contributed by atoms with Crippen molar-refractivity contribution in [2.75, 3.05) is 0 Å². The van der Waals surface area contributed by atoms with Gasteiger partial charge in [-0.1, -0.05) is 46.3 Å². The van der Waals surface area contributed by atoms with Gasteiger partial charge < -0.3 is 5.32 Å². The molecule has 0 spiro atoms. The Bertz CT molecular complexity index is 840. The first-order chi connectivity index (χ1) is 11.3. The van der Waals surface area contributed by atoms with Crippen LogP contribution in [0.4, 0.5) is 9.18 Å². The second-order valence-electron chi connectivity index (χ2n) is 6.00. The summed E-state index contributed by atoms with van der Waals surface area (Å²) in [6.45, 7) is 3.45. The SMILES string of the molecule is Cc1ccccc1C1(C)NC(=O)N(Cc2ccc(Br)cc2F)C1=O. The summed E-state index contributed by atoms with van der Waals surface area (Å²) in [5.41, 5.74) is 0.789. The first kappa shape index (κ1) is 16.6. The van der Waals surface area contributed by atoms with Gasteiger partial charge in [0.15, 0.2) is 0 Å². The molecular formula is C18H16BrFN2O2. The maximum Gasteiger partial charge on any atom is 0.325 e. The summed E-state index contributed by atoms with van der Waals surface area (Å²) < 4.78 is 14.6. The van der Waals surface area contributed by atoms with E-state index >= 15 is 0 Å². The number of aryl methyl sites for hydroxylation is 1. The maximum absolute atomic E-state index is 14.0. The fourth-order valence-corrected chi connectivity index (χ4v) is 3.31. The van der Waals surface area contributed by atoms with Crippen molar-refractivity contribution in [2.24, 2.45) is 0 Å². The summed E-state index contributed by atoms with van der Waals surface area (Å²) >= 11 is 3.19. The zero-order chi connectivity index (χ0) is 17.5. The van der Waals surface area contributed by atoms with Gasteiger partial charge in [-0.25, -0.2) is 9.18 Å². The molecule has 6 heteroatoms. The van der Waals surface area contributed by atoms with Gasteiger partial charge in [-0.2, -0.15) is 0 Å². The number of nitrogens with one attached hydrogen (secondary N) is 1. The van der Waals surface area contributed by atoms with Gasteiger partial charge in [0.05, 0.1) is 6.54 Å². The Morgan fingerprint density at radius 2 is 1.92 bits per heavy atom. The number of hydrogen-bond donors (Lipinski definition) is 1. The number of amides is 3. The molecule has 0 saturated carbocycles. The lowest BCUT2D eigenvalue weighted by Crippen LogP contribution is -2.41. The fourth-order valence-electron chi connectivity index (χ4n) is 2.98. The third-order valence-corrected chi connectivity index (χ3v) is 4.80. The highest BCUT2D eigenvalue weighted by molar-refractivity contribution is 9.10. The average molecular weight is 391 g/mol. The van der Waals surface area contributed by atoms with E-state index in [2.05, 4.69) is 21.2 Å². The Morgan fingerprint density at radius 3 is 2.58 bits per heavy atom. The molecule has 0 aliphatic carbocycles. The van der Waals surface area contributed by atoms with E-state index in [-0.39, 0.29) is 18.0 Å². The van der Waals surface area contributed by atoms with E-state index in [1.165, 1.54) is 6.07 Å². The molecule has 0 radical (unpaired) electrons. The summed E-state index contributed by atoms with van der Waals surface area (Å²) in [6, 6.07) is 11.4. The molecule has 1 fully saturated rings. The van der Waals surface area contributed by atoms with Crippen molar-refractivity contribution < 1.29 is 14.0 Å². The van der Waals surface area contributed by atoms with Gasteiger partial charge in [0, 0.05) is 10.0 Å². The second kappa shape index (κ2) is 6.02. The lowest BCUT2D eigenvalue weighted by molar-refractivity contribution is -0.131. The average Bonchev–Trinajstić information content (AvgIpc) is 2.74. The van der Waals surface area contributed by atoms with Crippen LogP contribution in [-0.4, -0.2) is 16.8 Å². The quantitative estimate of drug-likeness (QED) is 0.808. The number of nitrogens with zero attached hydrogens (tertiary/aromatic N) is 1. The van der Waals surface area contributed by atoms with Crippen molar-refractivity contribution in [3.05, 3.63) is 69.4 Å². The predicted octanol–water partition coefficient (Wildman–Crippen LogP) is 3.86. The minimum absolute atomic E-state index is 0.106. The monoisotopic (exact) mass is 390 g/mol. The van der Waals surface area contributed by atoms with Gasteiger partial charge in [0.2, 0.25) is 0 Å². The number of carbonyl (C=O) groups excluding carboxylic acids is 2. The van der Waals surface area contributed by atoms with Crippen LogP contribution in [0.5, 0.6) is 0 Å². The van der Waals surface area contributed by atoms with E-state index in [9.17, 15) is 14.0 Å². The van der Waals surface area contributed by atoms with E-state index in [0.29, 0.717) is 4.47 Å². The van der Waals surface area contributed by atoms with Gasteiger partial charge in [-0.05, 0) is 37.1 Å². The molecule has 1 aliphatic rings. The third kappa shape index (κ3) is 2.71. The van der Waals surface area contributed by atoms with Gasteiger partial charge in [0.1, 0.15) is 11.4 Å². The number of imide groups is 1. The molecule has 0 aromatic heterocycles. The van der Waals surface area contributed by atoms with Crippen molar-refractivity contribution in [2.45, 2.75) is 25.9 Å². The van der Waals surface area contributed by atoms with E-state index in [1.54, 1.807) is 19.1 Å².